The standard InChI is InChI=1S/C11H23NO3/c1-10(2,13)4-6-12-8-11(14-3)5-7-15-9-11/h12-13H,4-9H2,1-3H3. The summed E-state index contributed by atoms with van der Waals surface area (Å²) in [6, 6.07) is 0. The van der Waals surface area contributed by atoms with Gasteiger partial charge in [0.1, 0.15) is 5.60 Å². The molecule has 15 heavy (non-hydrogen) atoms. The first-order valence-corrected chi connectivity index (χ1v) is 5.53. The maximum atomic E-state index is 9.54. The van der Waals surface area contributed by atoms with Crippen molar-refractivity contribution in [3.63, 3.8) is 0 Å². The van der Waals surface area contributed by atoms with Gasteiger partial charge in [0.2, 0.25) is 0 Å². The van der Waals surface area contributed by atoms with Gasteiger partial charge in [-0.3, -0.25) is 0 Å². The van der Waals surface area contributed by atoms with Gasteiger partial charge in [-0.05, 0) is 26.8 Å². The zero-order valence-corrected chi connectivity index (χ0v) is 10.0. The van der Waals surface area contributed by atoms with E-state index in [1.54, 1.807) is 7.11 Å². The molecule has 1 rings (SSSR count). The minimum Gasteiger partial charge on any atom is -0.390 e. The first-order chi connectivity index (χ1) is 6.97. The lowest BCUT2D eigenvalue weighted by atomic mass is 10.0. The highest BCUT2D eigenvalue weighted by atomic mass is 16.5. The largest absolute Gasteiger partial charge is 0.390 e. The summed E-state index contributed by atoms with van der Waals surface area (Å²) < 4.78 is 10.8. The summed E-state index contributed by atoms with van der Waals surface area (Å²) in [6.07, 6.45) is 1.69. The number of methoxy groups -OCH3 is 1. The molecule has 1 aliphatic heterocycles. The fourth-order valence-corrected chi connectivity index (χ4v) is 1.67. The van der Waals surface area contributed by atoms with E-state index in [0.29, 0.717) is 6.61 Å². The molecule has 1 aliphatic rings. The van der Waals surface area contributed by atoms with Gasteiger partial charge in [0, 0.05) is 26.7 Å². The third-order valence-corrected chi connectivity index (χ3v) is 2.86. The van der Waals surface area contributed by atoms with Crippen LogP contribution in [0.5, 0.6) is 0 Å². The van der Waals surface area contributed by atoms with Crippen molar-refractivity contribution in [3.05, 3.63) is 0 Å². The first kappa shape index (κ1) is 12.9. The highest BCUT2D eigenvalue weighted by Gasteiger charge is 2.34. The van der Waals surface area contributed by atoms with Gasteiger partial charge >= 0.3 is 0 Å². The van der Waals surface area contributed by atoms with E-state index < -0.39 is 5.60 Å². The Hall–Kier alpha value is -0.160. The van der Waals surface area contributed by atoms with Crippen molar-refractivity contribution in [2.75, 3.05) is 33.4 Å². The summed E-state index contributed by atoms with van der Waals surface area (Å²) in [5, 5.41) is 12.8. The molecular weight excluding hydrogens is 194 g/mol. The van der Waals surface area contributed by atoms with Crippen molar-refractivity contribution in [1.29, 1.82) is 0 Å². The van der Waals surface area contributed by atoms with Gasteiger partial charge in [-0.1, -0.05) is 0 Å². The molecule has 0 amide bonds. The fourth-order valence-electron chi connectivity index (χ4n) is 1.67. The molecule has 0 aromatic heterocycles. The highest BCUT2D eigenvalue weighted by Crippen LogP contribution is 2.21. The molecule has 90 valence electrons. The molecule has 1 fully saturated rings. The van der Waals surface area contributed by atoms with Gasteiger partial charge in [0.15, 0.2) is 0 Å². The molecule has 0 saturated carbocycles. The lowest BCUT2D eigenvalue weighted by Gasteiger charge is -2.27. The van der Waals surface area contributed by atoms with E-state index in [1.807, 2.05) is 13.8 Å². The Balaban J connectivity index is 2.18. The Labute approximate surface area is 92.0 Å². The van der Waals surface area contributed by atoms with Crippen molar-refractivity contribution >= 4 is 0 Å². The number of nitrogens with one attached hydrogen (secondary N) is 1. The summed E-state index contributed by atoms with van der Waals surface area (Å²) in [7, 11) is 1.73. The Morgan fingerprint density at radius 2 is 2.27 bits per heavy atom. The smallest absolute Gasteiger partial charge is 0.106 e. The number of ether oxygens (including phenoxy) is 2. The van der Waals surface area contributed by atoms with Gasteiger partial charge in [-0.15, -0.1) is 0 Å². The van der Waals surface area contributed by atoms with Crippen LogP contribution in [0.2, 0.25) is 0 Å². The number of rotatable bonds is 6. The van der Waals surface area contributed by atoms with Crippen molar-refractivity contribution in [1.82, 2.24) is 5.32 Å². The molecule has 1 heterocycles. The Morgan fingerprint density at radius 3 is 2.73 bits per heavy atom. The normalized spacial score (nSPS) is 27.2. The maximum absolute atomic E-state index is 9.54. The third kappa shape index (κ3) is 4.47. The van der Waals surface area contributed by atoms with E-state index in [2.05, 4.69) is 5.32 Å². The van der Waals surface area contributed by atoms with E-state index in [4.69, 9.17) is 9.47 Å². The number of hydrogen-bond acceptors (Lipinski definition) is 4. The van der Waals surface area contributed by atoms with Gasteiger partial charge in [-0.25, -0.2) is 0 Å². The molecule has 4 nitrogen and oxygen atoms in total. The van der Waals surface area contributed by atoms with Crippen LogP contribution in [0.25, 0.3) is 0 Å². The van der Waals surface area contributed by atoms with Crippen LogP contribution >= 0.6 is 0 Å². The highest BCUT2D eigenvalue weighted by molar-refractivity contribution is 4.87. The quantitative estimate of drug-likeness (QED) is 0.638. The Morgan fingerprint density at radius 1 is 1.53 bits per heavy atom. The van der Waals surface area contributed by atoms with Crippen LogP contribution in [-0.4, -0.2) is 49.7 Å². The lowest BCUT2D eigenvalue weighted by molar-refractivity contribution is -0.0169. The molecule has 1 saturated heterocycles. The van der Waals surface area contributed by atoms with Crippen LogP contribution in [0.1, 0.15) is 26.7 Å². The molecule has 0 aliphatic carbocycles. The SMILES string of the molecule is COC1(CNCCC(C)(C)O)CCOC1. The molecule has 0 bridgehead atoms. The topological polar surface area (TPSA) is 50.7 Å². The predicted molar refractivity (Wildman–Crippen MR) is 59.0 cm³/mol. The third-order valence-electron chi connectivity index (χ3n) is 2.86. The minimum absolute atomic E-state index is 0.153. The fraction of sp³-hybridized carbons (Fsp3) is 1.00. The lowest BCUT2D eigenvalue weighted by Crippen LogP contribution is -2.44. The molecule has 0 aromatic rings. The van der Waals surface area contributed by atoms with Gasteiger partial charge in [-0.2, -0.15) is 0 Å². The summed E-state index contributed by atoms with van der Waals surface area (Å²) in [4.78, 5) is 0. The van der Waals surface area contributed by atoms with Gasteiger partial charge < -0.3 is 19.9 Å². The van der Waals surface area contributed by atoms with Crippen LogP contribution in [0.4, 0.5) is 0 Å². The molecule has 1 atom stereocenters. The predicted octanol–water partition coefficient (Wildman–Crippen LogP) is 0.542. The molecular formula is C11H23NO3. The van der Waals surface area contributed by atoms with E-state index >= 15 is 0 Å². The van der Waals surface area contributed by atoms with Gasteiger partial charge in [0.25, 0.3) is 0 Å². The molecule has 0 spiro atoms. The second-order valence-corrected chi connectivity index (χ2v) is 4.93. The van der Waals surface area contributed by atoms with Crippen molar-refractivity contribution < 1.29 is 14.6 Å². The van der Waals surface area contributed by atoms with Crippen molar-refractivity contribution in [2.45, 2.75) is 37.9 Å². The van der Waals surface area contributed by atoms with Crippen LogP contribution in [0, 0.1) is 0 Å². The van der Waals surface area contributed by atoms with Crippen LogP contribution < -0.4 is 5.32 Å². The molecule has 2 N–H and O–H groups in total. The van der Waals surface area contributed by atoms with E-state index in [0.717, 1.165) is 32.5 Å². The zero-order chi connectivity index (χ0) is 11.4. The minimum atomic E-state index is -0.598. The number of hydrogen-bond donors (Lipinski definition) is 2. The Bertz CT molecular complexity index is 183. The van der Waals surface area contributed by atoms with Crippen molar-refractivity contribution in [2.24, 2.45) is 0 Å². The maximum Gasteiger partial charge on any atom is 0.106 e. The second-order valence-electron chi connectivity index (χ2n) is 4.93. The summed E-state index contributed by atoms with van der Waals surface area (Å²) >= 11 is 0. The van der Waals surface area contributed by atoms with Gasteiger partial charge in [0.05, 0.1) is 12.2 Å². The first-order valence-electron chi connectivity index (χ1n) is 5.53. The summed E-state index contributed by atoms with van der Waals surface area (Å²) in [6.45, 7) is 6.67. The van der Waals surface area contributed by atoms with Crippen LogP contribution in [0.15, 0.2) is 0 Å². The average molecular weight is 217 g/mol. The Kier molecular flexibility index (Phi) is 4.52. The number of aliphatic hydroxyl groups is 1. The molecule has 0 aromatic carbocycles. The monoisotopic (exact) mass is 217 g/mol. The van der Waals surface area contributed by atoms with E-state index in [1.165, 1.54) is 0 Å². The zero-order valence-electron chi connectivity index (χ0n) is 10.0. The second kappa shape index (κ2) is 5.25. The molecule has 1 unspecified atom stereocenters. The van der Waals surface area contributed by atoms with E-state index in [-0.39, 0.29) is 5.60 Å². The molecule has 0 radical (unpaired) electrons. The van der Waals surface area contributed by atoms with Crippen LogP contribution in [0.3, 0.4) is 0 Å². The molecule has 4 heteroatoms. The summed E-state index contributed by atoms with van der Waals surface area (Å²) in [5.41, 5.74) is -0.751. The summed E-state index contributed by atoms with van der Waals surface area (Å²) in [5.74, 6) is 0. The van der Waals surface area contributed by atoms with E-state index in [9.17, 15) is 5.11 Å². The average Bonchev–Trinajstić information content (AvgIpc) is 2.60. The van der Waals surface area contributed by atoms with Crippen molar-refractivity contribution in [3.8, 4) is 0 Å². The van der Waals surface area contributed by atoms with Crippen LogP contribution in [-0.2, 0) is 9.47 Å².